The molecule has 0 aliphatic carbocycles. The van der Waals surface area contributed by atoms with E-state index >= 15 is 0 Å². The van der Waals surface area contributed by atoms with Gasteiger partial charge >= 0.3 is 5.97 Å². The number of carbonyl (C=O) groups excluding carboxylic acids is 1. The standard InChI is InChI=1S/C29H24N2O5/c1-18-11-16-25(34-18)23-17-24-22-9-6-10-26(33-2)27(22)36-28(31(24)30-23)19-12-14-21(15-13-19)35-29(32)20-7-4-3-5-8-20/h3-16,24,28H,17H2,1-2H3/t24-,28+/m0/s1. The van der Waals surface area contributed by atoms with Gasteiger partial charge in [-0.1, -0.05) is 30.3 Å². The normalized spacial score (nSPS) is 18.1. The Hall–Kier alpha value is -4.52. The summed E-state index contributed by atoms with van der Waals surface area (Å²) in [6.45, 7) is 1.92. The number of benzene rings is 3. The van der Waals surface area contributed by atoms with Crippen molar-refractivity contribution in [3.63, 3.8) is 0 Å². The predicted octanol–water partition coefficient (Wildman–Crippen LogP) is 6.06. The smallest absolute Gasteiger partial charge is 0.343 e. The molecule has 6 rings (SSSR count). The molecule has 2 atom stereocenters. The van der Waals surface area contributed by atoms with E-state index in [0.29, 0.717) is 29.2 Å². The monoisotopic (exact) mass is 480 g/mol. The molecule has 0 unspecified atom stereocenters. The lowest BCUT2D eigenvalue weighted by Crippen LogP contribution is -2.33. The number of furan rings is 1. The first-order chi connectivity index (χ1) is 17.6. The average Bonchev–Trinajstić information content (AvgIpc) is 3.55. The SMILES string of the molecule is COc1cccc2c1O[C@H](c1ccc(OC(=O)c3ccccc3)cc1)N1N=C(c3ccc(C)o3)C[C@@H]21. The van der Waals surface area contributed by atoms with Crippen molar-refractivity contribution in [3.05, 3.63) is 113 Å². The van der Waals surface area contributed by atoms with Crippen molar-refractivity contribution >= 4 is 11.7 Å². The molecular formula is C29H24N2O5. The summed E-state index contributed by atoms with van der Waals surface area (Å²) in [6, 6.07) is 26.0. The van der Waals surface area contributed by atoms with Crippen molar-refractivity contribution < 1.29 is 23.4 Å². The number of carbonyl (C=O) groups is 1. The minimum Gasteiger partial charge on any atom is -0.493 e. The number of esters is 1. The number of para-hydroxylation sites is 1. The largest absolute Gasteiger partial charge is 0.493 e. The first-order valence-electron chi connectivity index (χ1n) is 11.7. The van der Waals surface area contributed by atoms with Crippen molar-refractivity contribution in [2.45, 2.75) is 25.6 Å². The molecule has 36 heavy (non-hydrogen) atoms. The first kappa shape index (κ1) is 22.0. The molecule has 1 aromatic heterocycles. The second kappa shape index (κ2) is 8.92. The van der Waals surface area contributed by atoms with Crippen molar-refractivity contribution in [1.29, 1.82) is 0 Å². The van der Waals surface area contributed by atoms with Gasteiger partial charge in [0.2, 0.25) is 6.23 Å². The van der Waals surface area contributed by atoms with E-state index in [1.54, 1.807) is 43.5 Å². The maximum absolute atomic E-state index is 12.4. The zero-order valence-electron chi connectivity index (χ0n) is 19.9. The van der Waals surface area contributed by atoms with Gasteiger partial charge in [0.05, 0.1) is 18.7 Å². The number of rotatable bonds is 5. The molecule has 0 radical (unpaired) electrons. The van der Waals surface area contributed by atoms with Gasteiger partial charge in [-0.25, -0.2) is 9.80 Å². The summed E-state index contributed by atoms with van der Waals surface area (Å²) in [5.74, 6) is 3.03. The van der Waals surface area contributed by atoms with Gasteiger partial charge in [0.15, 0.2) is 11.5 Å². The maximum atomic E-state index is 12.4. The van der Waals surface area contributed by atoms with Crippen LogP contribution in [0, 0.1) is 6.92 Å². The lowest BCUT2D eigenvalue weighted by molar-refractivity contribution is -0.0209. The Kier molecular flexibility index (Phi) is 5.45. The molecule has 2 aliphatic rings. The highest BCUT2D eigenvalue weighted by molar-refractivity contribution is 5.99. The molecule has 2 aliphatic heterocycles. The Morgan fingerprint density at radius 3 is 2.50 bits per heavy atom. The van der Waals surface area contributed by atoms with E-state index in [1.165, 1.54) is 0 Å². The molecule has 0 N–H and O–H groups in total. The molecule has 4 aromatic rings. The van der Waals surface area contributed by atoms with Crippen LogP contribution in [0.4, 0.5) is 0 Å². The molecule has 0 spiro atoms. The number of hydrogen-bond donors (Lipinski definition) is 0. The third kappa shape index (κ3) is 3.88. The van der Waals surface area contributed by atoms with Crippen molar-refractivity contribution in [2.24, 2.45) is 5.10 Å². The van der Waals surface area contributed by atoms with Crippen molar-refractivity contribution in [2.75, 3.05) is 7.11 Å². The number of hydrazone groups is 1. The number of fused-ring (bicyclic) bond motifs is 3. The Labute approximate surface area is 208 Å². The zero-order chi connectivity index (χ0) is 24.6. The van der Waals surface area contributed by atoms with Crippen LogP contribution in [-0.4, -0.2) is 23.8 Å². The topological polar surface area (TPSA) is 73.5 Å². The Morgan fingerprint density at radius 2 is 1.78 bits per heavy atom. The summed E-state index contributed by atoms with van der Waals surface area (Å²) < 4.78 is 23.5. The second-order valence-corrected chi connectivity index (χ2v) is 8.73. The van der Waals surface area contributed by atoms with Crippen molar-refractivity contribution in [1.82, 2.24) is 5.01 Å². The molecule has 0 bridgehead atoms. The summed E-state index contributed by atoms with van der Waals surface area (Å²) in [6.07, 6.45) is 0.186. The molecule has 3 aromatic carbocycles. The van der Waals surface area contributed by atoms with Crippen LogP contribution >= 0.6 is 0 Å². The van der Waals surface area contributed by atoms with E-state index in [-0.39, 0.29) is 6.04 Å². The molecule has 7 nitrogen and oxygen atoms in total. The molecule has 0 saturated carbocycles. The second-order valence-electron chi connectivity index (χ2n) is 8.73. The number of methoxy groups -OCH3 is 1. The average molecular weight is 481 g/mol. The number of ether oxygens (including phenoxy) is 3. The van der Waals surface area contributed by atoms with Crippen molar-refractivity contribution in [3.8, 4) is 17.2 Å². The van der Waals surface area contributed by atoms with Gasteiger partial charge in [-0.15, -0.1) is 0 Å². The molecular weight excluding hydrogens is 456 g/mol. The summed E-state index contributed by atoms with van der Waals surface area (Å²) in [5, 5.41) is 6.89. The van der Waals surface area contributed by atoms with Crippen LogP contribution in [0.25, 0.3) is 0 Å². The molecule has 180 valence electrons. The van der Waals surface area contributed by atoms with E-state index in [4.69, 9.17) is 23.7 Å². The van der Waals surface area contributed by atoms with Gasteiger partial charge in [-0.05, 0) is 61.5 Å². The van der Waals surface area contributed by atoms with Gasteiger partial charge in [0.1, 0.15) is 23.0 Å². The van der Waals surface area contributed by atoms with Crippen LogP contribution in [0.1, 0.15) is 51.7 Å². The van der Waals surface area contributed by atoms with Crippen LogP contribution < -0.4 is 14.2 Å². The van der Waals surface area contributed by atoms with Crippen LogP contribution in [-0.2, 0) is 0 Å². The molecule has 0 fully saturated rings. The fourth-order valence-electron chi connectivity index (χ4n) is 4.64. The molecule has 0 saturated heterocycles. The fourth-order valence-corrected chi connectivity index (χ4v) is 4.64. The minimum atomic E-state index is -0.494. The summed E-state index contributed by atoms with van der Waals surface area (Å²) in [4.78, 5) is 12.4. The highest BCUT2D eigenvalue weighted by Gasteiger charge is 2.42. The van der Waals surface area contributed by atoms with Gasteiger partial charge in [0, 0.05) is 17.5 Å². The Bertz CT molecular complexity index is 1440. The Balaban J connectivity index is 1.32. The third-order valence-corrected chi connectivity index (χ3v) is 6.41. The highest BCUT2D eigenvalue weighted by atomic mass is 16.5. The van der Waals surface area contributed by atoms with Crippen LogP contribution in [0.5, 0.6) is 17.2 Å². The number of aryl methyl sites for hydroxylation is 1. The number of hydrogen-bond acceptors (Lipinski definition) is 7. The first-order valence-corrected chi connectivity index (χ1v) is 11.7. The van der Waals surface area contributed by atoms with Gasteiger partial charge < -0.3 is 18.6 Å². The number of nitrogens with zero attached hydrogens (tertiary/aromatic N) is 2. The van der Waals surface area contributed by atoms with Gasteiger partial charge in [-0.2, -0.15) is 5.10 Å². The summed E-state index contributed by atoms with van der Waals surface area (Å²) in [7, 11) is 1.64. The van der Waals surface area contributed by atoms with Crippen LogP contribution in [0.3, 0.4) is 0 Å². The maximum Gasteiger partial charge on any atom is 0.343 e. The Morgan fingerprint density at radius 1 is 0.972 bits per heavy atom. The lowest BCUT2D eigenvalue weighted by Gasteiger charge is -2.38. The quantitative estimate of drug-likeness (QED) is 0.255. The summed E-state index contributed by atoms with van der Waals surface area (Å²) >= 11 is 0. The van der Waals surface area contributed by atoms with E-state index in [1.807, 2.05) is 60.5 Å². The highest BCUT2D eigenvalue weighted by Crippen LogP contribution is 2.50. The fraction of sp³-hybridized carbons (Fsp3) is 0.172. The zero-order valence-corrected chi connectivity index (χ0v) is 19.9. The lowest BCUT2D eigenvalue weighted by atomic mass is 9.97. The van der Waals surface area contributed by atoms with Crippen LogP contribution in [0.2, 0.25) is 0 Å². The van der Waals surface area contributed by atoms with Gasteiger partial charge in [-0.3, -0.25) is 0 Å². The van der Waals surface area contributed by atoms with Gasteiger partial charge in [0.25, 0.3) is 0 Å². The van der Waals surface area contributed by atoms with E-state index < -0.39 is 12.2 Å². The molecule has 3 heterocycles. The van der Waals surface area contributed by atoms with Crippen LogP contribution in [0.15, 0.2) is 94.4 Å². The predicted molar refractivity (Wildman–Crippen MR) is 133 cm³/mol. The van der Waals surface area contributed by atoms with E-state index in [0.717, 1.165) is 28.4 Å². The molecule has 7 heteroatoms. The third-order valence-electron chi connectivity index (χ3n) is 6.41. The summed E-state index contributed by atoms with van der Waals surface area (Å²) in [5.41, 5.74) is 3.25. The van der Waals surface area contributed by atoms with E-state index in [9.17, 15) is 4.79 Å². The minimum absolute atomic E-state index is 0.0372. The molecule has 0 amide bonds. The van der Waals surface area contributed by atoms with E-state index in [2.05, 4.69) is 0 Å².